The van der Waals surface area contributed by atoms with E-state index in [2.05, 4.69) is 86.3 Å². The Hall–Kier alpha value is -0.660. The molecule has 0 saturated heterocycles. The molecule has 0 bridgehead atoms. The van der Waals surface area contributed by atoms with Gasteiger partial charge in [-0.15, -0.1) is 0 Å². The average molecular weight is 533 g/mol. The van der Waals surface area contributed by atoms with Crippen LogP contribution in [0.15, 0.2) is 68.5 Å². The summed E-state index contributed by atoms with van der Waals surface area (Å²) in [7, 11) is 0. The standard InChI is InChI=1S/C15H9Cl2.C9H13.2CH3.H2Si.Zr/c16-12-8-11-6-7-13(15(11)14(17)9-12)10-4-2-1-3-5-10;1-6-5-7(2)9(4)8(6)3;;;;/h1-9H;6H,1-4H3;2*1H3;1H2;. The van der Waals surface area contributed by atoms with Crippen molar-refractivity contribution in [2.45, 2.75) is 40.6 Å². The second kappa shape index (κ2) is 7.45. The minimum atomic E-state index is -3.47. The molecule has 0 heterocycles. The molecular weight excluding hydrogens is 503 g/mol. The molecule has 0 amide bonds. The Labute approximate surface area is 193 Å². The van der Waals surface area contributed by atoms with Gasteiger partial charge in [0, 0.05) is 0 Å². The summed E-state index contributed by atoms with van der Waals surface area (Å²) in [5.74, 6) is 0.524. The van der Waals surface area contributed by atoms with Gasteiger partial charge >= 0.3 is 195 Å². The molecule has 2 aromatic rings. The summed E-state index contributed by atoms with van der Waals surface area (Å²) in [5.41, 5.74) is 9.55. The van der Waals surface area contributed by atoms with Crippen molar-refractivity contribution in [1.29, 1.82) is 0 Å². The molecule has 0 spiro atoms. The van der Waals surface area contributed by atoms with Gasteiger partial charge in [0.1, 0.15) is 0 Å². The molecule has 2 aliphatic carbocycles. The molecule has 0 aliphatic heterocycles. The number of hydrogen-bond acceptors (Lipinski definition) is 0. The number of rotatable bonds is 3. The molecule has 2 unspecified atom stereocenters. The Bertz CT molecular complexity index is 1230. The number of halogens is 2. The van der Waals surface area contributed by atoms with E-state index in [0.717, 1.165) is 10.0 Å². The Morgan fingerprint density at radius 3 is 2.13 bits per heavy atom. The van der Waals surface area contributed by atoms with E-state index in [1.807, 2.05) is 6.07 Å². The first kappa shape index (κ1) is 22.5. The van der Waals surface area contributed by atoms with Gasteiger partial charge in [0.05, 0.1) is 0 Å². The first-order valence-corrected chi connectivity index (χ1v) is 24.9. The van der Waals surface area contributed by atoms with E-state index in [0.29, 0.717) is 9.54 Å². The average Bonchev–Trinajstić information content (AvgIpc) is 3.15. The first-order chi connectivity index (χ1) is 13.9. The van der Waals surface area contributed by atoms with Crippen LogP contribution in [0.25, 0.3) is 5.57 Å². The molecule has 2 atom stereocenters. The van der Waals surface area contributed by atoms with Crippen molar-refractivity contribution in [3.05, 3.63) is 95.3 Å². The summed E-state index contributed by atoms with van der Waals surface area (Å²) in [5, 5.41) is 1.50. The van der Waals surface area contributed by atoms with E-state index in [4.69, 9.17) is 23.2 Å². The van der Waals surface area contributed by atoms with Crippen molar-refractivity contribution in [1.82, 2.24) is 0 Å². The van der Waals surface area contributed by atoms with E-state index in [1.54, 1.807) is 3.28 Å². The third-order valence-electron chi connectivity index (χ3n) is 7.63. The first-order valence-electron chi connectivity index (χ1n) is 10.7. The molecular formula is C26H30Cl2SiZr. The number of fused-ring (bicyclic) bond motifs is 1. The van der Waals surface area contributed by atoms with Crippen LogP contribution in [0, 0.1) is 5.92 Å². The molecule has 4 rings (SSSR count). The van der Waals surface area contributed by atoms with Crippen molar-refractivity contribution in [2.75, 3.05) is 0 Å². The molecule has 0 aromatic heterocycles. The van der Waals surface area contributed by atoms with Crippen LogP contribution in [-0.2, 0) is 17.4 Å². The van der Waals surface area contributed by atoms with Crippen molar-refractivity contribution in [2.24, 2.45) is 5.92 Å². The van der Waals surface area contributed by atoms with Gasteiger partial charge in [0.15, 0.2) is 0 Å². The predicted molar refractivity (Wildman–Crippen MR) is 133 cm³/mol. The van der Waals surface area contributed by atoms with Gasteiger partial charge in [-0.25, -0.2) is 0 Å². The van der Waals surface area contributed by atoms with Crippen LogP contribution in [0.1, 0.15) is 48.0 Å². The molecule has 0 radical (unpaired) electrons. The number of allylic oxidation sites excluding steroid dienone is 5. The van der Waals surface area contributed by atoms with Gasteiger partial charge in [-0.2, -0.15) is 0 Å². The normalized spacial score (nSPS) is 22.0. The molecule has 156 valence electrons. The zero-order valence-electron chi connectivity index (χ0n) is 18.7. The molecule has 2 aliphatic rings. The second-order valence-corrected chi connectivity index (χ2v) is 40.5. The van der Waals surface area contributed by atoms with Crippen LogP contribution in [0.4, 0.5) is 0 Å². The molecule has 0 fully saturated rings. The van der Waals surface area contributed by atoms with Crippen LogP contribution in [0.5, 0.6) is 0 Å². The molecule has 0 nitrogen and oxygen atoms in total. The van der Waals surface area contributed by atoms with Gasteiger partial charge in [-0.1, -0.05) is 0 Å². The van der Waals surface area contributed by atoms with Crippen LogP contribution >= 0.6 is 23.2 Å². The third-order valence-corrected chi connectivity index (χ3v) is 25.4. The molecule has 2 aromatic carbocycles. The van der Waals surface area contributed by atoms with Gasteiger partial charge in [0.25, 0.3) is 0 Å². The van der Waals surface area contributed by atoms with Crippen molar-refractivity contribution < 1.29 is 17.4 Å². The van der Waals surface area contributed by atoms with Crippen LogP contribution in [0.2, 0.25) is 19.3 Å². The molecule has 30 heavy (non-hydrogen) atoms. The summed E-state index contributed by atoms with van der Waals surface area (Å²) in [6.07, 6.45) is 2.52. The number of benzene rings is 2. The topological polar surface area (TPSA) is 0 Å². The van der Waals surface area contributed by atoms with Crippen molar-refractivity contribution in [3.8, 4) is 0 Å². The summed E-state index contributed by atoms with van der Waals surface area (Å²) in [6.45, 7) is 11.7. The third kappa shape index (κ3) is 3.34. The Kier molecular flexibility index (Phi) is 5.59. The zero-order chi connectivity index (χ0) is 22.0. The van der Waals surface area contributed by atoms with Gasteiger partial charge < -0.3 is 0 Å². The fraction of sp³-hybridized carbons (Fsp3) is 0.308. The van der Waals surface area contributed by atoms with Crippen LogP contribution < -0.4 is 0 Å². The van der Waals surface area contributed by atoms with Crippen LogP contribution in [0.3, 0.4) is 0 Å². The number of hydrogen-bond donors (Lipinski definition) is 0. The van der Waals surface area contributed by atoms with Gasteiger partial charge in [-0.05, 0) is 0 Å². The predicted octanol–water partition coefficient (Wildman–Crippen LogP) is 8.07. The van der Waals surface area contributed by atoms with E-state index >= 15 is 0 Å². The van der Waals surface area contributed by atoms with E-state index in [1.165, 1.54) is 39.0 Å². The SMILES string of the molecule is CC1=C(C)C(C)[C]([Zr]([CH3])([CH3])(=[SiH2])[CH]2C=C(c3ccccc3)c3c(Cl)cc(Cl)cc32)=C1C. The molecule has 4 heteroatoms. The minimum absolute atomic E-state index is 0.386. The summed E-state index contributed by atoms with van der Waals surface area (Å²) >= 11 is 9.90. The maximum absolute atomic E-state index is 6.82. The quantitative estimate of drug-likeness (QED) is 0.351. The van der Waals surface area contributed by atoms with Gasteiger partial charge in [-0.3, -0.25) is 0 Å². The maximum atomic E-state index is 6.82. The fourth-order valence-corrected chi connectivity index (χ4v) is 25.0. The van der Waals surface area contributed by atoms with Gasteiger partial charge in [0.2, 0.25) is 0 Å². The summed E-state index contributed by atoms with van der Waals surface area (Å²) in [4.78, 5) is 0. The monoisotopic (exact) mass is 530 g/mol. The molecule has 0 N–H and O–H groups in total. The summed E-state index contributed by atoms with van der Waals surface area (Å²) < 4.78 is 7.36. The van der Waals surface area contributed by atoms with Crippen molar-refractivity contribution >= 4 is 35.7 Å². The Morgan fingerprint density at radius 1 is 0.933 bits per heavy atom. The molecule has 0 saturated carbocycles. The Balaban J connectivity index is 2.00. The fourth-order valence-electron chi connectivity index (χ4n) is 5.95. The van der Waals surface area contributed by atoms with E-state index in [-0.39, 0.29) is 0 Å². The Morgan fingerprint density at radius 2 is 1.57 bits per heavy atom. The van der Waals surface area contributed by atoms with E-state index < -0.39 is 17.4 Å². The zero-order valence-corrected chi connectivity index (χ0v) is 24.1. The summed E-state index contributed by atoms with van der Waals surface area (Å²) in [6, 6.07) is 14.7. The van der Waals surface area contributed by atoms with Crippen molar-refractivity contribution in [3.63, 3.8) is 0 Å². The second-order valence-electron chi connectivity index (χ2n) is 10.2. The van der Waals surface area contributed by atoms with Crippen LogP contribution in [-0.4, -0.2) is 6.88 Å². The van der Waals surface area contributed by atoms with E-state index in [9.17, 15) is 0 Å².